The van der Waals surface area contributed by atoms with E-state index in [4.69, 9.17) is 15.6 Å². The molecule has 1 heterocycles. The van der Waals surface area contributed by atoms with E-state index in [0.29, 0.717) is 5.69 Å². The average Bonchev–Trinajstić information content (AvgIpc) is 2.66. The maximum atomic E-state index is 11.7. The van der Waals surface area contributed by atoms with Gasteiger partial charge in [-0.2, -0.15) is 0 Å². The van der Waals surface area contributed by atoms with Crippen LogP contribution in [0.2, 0.25) is 0 Å². The molecule has 16 heavy (non-hydrogen) atoms. The summed E-state index contributed by atoms with van der Waals surface area (Å²) in [4.78, 5) is 10.5. The van der Waals surface area contributed by atoms with Crippen molar-refractivity contribution in [2.75, 3.05) is 13.3 Å². The number of hydrogen-bond donors (Lipinski definition) is 2. The number of hydrogen-bond acceptors (Lipinski definition) is 5. The van der Waals surface area contributed by atoms with E-state index in [1.165, 1.54) is 10.9 Å². The first-order valence-electron chi connectivity index (χ1n) is 4.64. The van der Waals surface area contributed by atoms with Crippen LogP contribution in [0.5, 0.6) is 0 Å². The van der Waals surface area contributed by atoms with Gasteiger partial charge in [0, 0.05) is 0 Å². The number of aromatic nitrogens is 3. The second kappa shape index (κ2) is 6.13. The maximum Gasteiger partial charge on any atom is 0.322 e. The smallest absolute Gasteiger partial charge is 0.322 e. The van der Waals surface area contributed by atoms with Gasteiger partial charge in [-0.3, -0.25) is 9.48 Å². The molecule has 0 radical (unpaired) electrons. The van der Waals surface area contributed by atoms with Gasteiger partial charge in [-0.05, 0) is 0 Å². The van der Waals surface area contributed by atoms with Gasteiger partial charge in [0.1, 0.15) is 18.4 Å². The second-order valence-corrected chi connectivity index (χ2v) is 3.12. The SMILES string of the molecule is NC(Cn1cc(COCC[18F])nn1)C(=O)O. The first-order valence-corrected chi connectivity index (χ1v) is 4.64. The number of aliphatic carboxylic acids is 1. The Bertz CT molecular complexity index is 344. The van der Waals surface area contributed by atoms with Crippen LogP contribution in [0.4, 0.5) is 4.39 Å². The Morgan fingerprint density at radius 1 is 1.75 bits per heavy atom. The summed E-state index contributed by atoms with van der Waals surface area (Å²) in [5.41, 5.74) is 5.82. The normalized spacial score (nSPS) is 12.6. The number of rotatable bonds is 7. The quantitative estimate of drug-likeness (QED) is 0.594. The Kier molecular flexibility index (Phi) is 4.80. The molecule has 0 aliphatic carbocycles. The van der Waals surface area contributed by atoms with Gasteiger partial charge in [0.15, 0.2) is 0 Å². The maximum absolute atomic E-state index is 11.7. The average molecular weight is 231 g/mol. The van der Waals surface area contributed by atoms with Gasteiger partial charge in [-0.25, -0.2) is 4.39 Å². The molecule has 1 aromatic rings. The van der Waals surface area contributed by atoms with E-state index in [1.807, 2.05) is 0 Å². The number of carbonyl (C=O) groups is 1. The summed E-state index contributed by atoms with van der Waals surface area (Å²) in [6.45, 7) is -0.378. The zero-order valence-corrected chi connectivity index (χ0v) is 8.54. The topological polar surface area (TPSA) is 103 Å². The molecular weight excluding hydrogens is 218 g/mol. The highest BCUT2D eigenvalue weighted by molar-refractivity contribution is 5.72. The summed E-state index contributed by atoms with van der Waals surface area (Å²) in [6, 6.07) is -1.03. The van der Waals surface area contributed by atoms with Crippen molar-refractivity contribution in [1.82, 2.24) is 15.0 Å². The predicted octanol–water partition coefficient (Wildman–Crippen LogP) is -0.824. The molecule has 0 bridgehead atoms. The van der Waals surface area contributed by atoms with Crippen molar-refractivity contribution >= 4 is 5.97 Å². The number of nitrogens with zero attached hydrogens (tertiary/aromatic N) is 3. The standard InChI is InChI=1S/C8H13FN4O3/c9-1-2-16-5-6-3-13(12-11-6)4-7(10)8(14)15/h3,7H,1-2,4-5,10H2,(H,14,15)/i9-1. The van der Waals surface area contributed by atoms with Crippen LogP contribution in [-0.2, 0) is 22.7 Å². The Hall–Kier alpha value is -1.54. The molecule has 0 aliphatic heterocycles. The Morgan fingerprint density at radius 2 is 2.50 bits per heavy atom. The Labute approximate surface area is 91.0 Å². The molecule has 0 aromatic carbocycles. The van der Waals surface area contributed by atoms with E-state index in [-0.39, 0.29) is 19.8 Å². The highest BCUT2D eigenvalue weighted by Crippen LogP contribution is 1.97. The van der Waals surface area contributed by atoms with Gasteiger partial charge in [0.25, 0.3) is 0 Å². The third kappa shape index (κ3) is 3.91. The minimum Gasteiger partial charge on any atom is -0.480 e. The summed E-state index contributed by atoms with van der Waals surface area (Å²) >= 11 is 0. The monoisotopic (exact) mass is 231 g/mol. The largest absolute Gasteiger partial charge is 0.480 e. The van der Waals surface area contributed by atoms with Gasteiger partial charge in [-0.15, -0.1) is 5.10 Å². The number of halogens is 1. The lowest BCUT2D eigenvalue weighted by atomic mass is 10.3. The van der Waals surface area contributed by atoms with Crippen molar-refractivity contribution in [2.45, 2.75) is 19.2 Å². The highest BCUT2D eigenvalue weighted by Gasteiger charge is 2.13. The van der Waals surface area contributed by atoms with Crippen LogP contribution in [0.25, 0.3) is 0 Å². The van der Waals surface area contributed by atoms with Gasteiger partial charge in [-0.1, -0.05) is 5.21 Å². The predicted molar refractivity (Wildman–Crippen MR) is 51.3 cm³/mol. The minimum absolute atomic E-state index is 0.00149. The fourth-order valence-corrected chi connectivity index (χ4v) is 1.00. The molecule has 1 unspecified atom stereocenters. The molecule has 1 rings (SSSR count). The lowest BCUT2D eigenvalue weighted by Crippen LogP contribution is -2.34. The zero-order chi connectivity index (χ0) is 12.0. The van der Waals surface area contributed by atoms with Gasteiger partial charge < -0.3 is 15.6 Å². The van der Waals surface area contributed by atoms with Crippen LogP contribution < -0.4 is 5.73 Å². The molecule has 7 nitrogen and oxygen atoms in total. The number of carboxylic acids is 1. The molecular formula is C8H13FN4O3. The van der Waals surface area contributed by atoms with Crippen LogP contribution in [0.15, 0.2) is 6.20 Å². The van der Waals surface area contributed by atoms with E-state index in [1.54, 1.807) is 0 Å². The molecule has 1 atom stereocenters. The molecule has 0 fully saturated rings. The van der Waals surface area contributed by atoms with Crippen LogP contribution >= 0.6 is 0 Å². The molecule has 0 spiro atoms. The fraction of sp³-hybridized carbons (Fsp3) is 0.625. The molecule has 0 aliphatic rings. The lowest BCUT2D eigenvalue weighted by Gasteiger charge is -2.04. The highest BCUT2D eigenvalue weighted by atomic mass is 18.2. The second-order valence-electron chi connectivity index (χ2n) is 3.12. The third-order valence-electron chi connectivity index (χ3n) is 1.76. The minimum atomic E-state index is -1.11. The number of nitrogens with two attached hydrogens (primary N) is 1. The summed E-state index contributed by atoms with van der Waals surface area (Å²) in [5.74, 6) is -1.11. The van der Waals surface area contributed by atoms with Gasteiger partial charge in [0.05, 0.1) is 26.0 Å². The van der Waals surface area contributed by atoms with E-state index in [2.05, 4.69) is 10.3 Å². The summed E-state index contributed by atoms with van der Waals surface area (Å²) in [7, 11) is 0. The molecule has 0 amide bonds. The van der Waals surface area contributed by atoms with E-state index in [0.717, 1.165) is 0 Å². The Balaban J connectivity index is 2.42. The van der Waals surface area contributed by atoms with Gasteiger partial charge >= 0.3 is 5.97 Å². The molecule has 8 heteroatoms. The zero-order valence-electron chi connectivity index (χ0n) is 8.54. The first kappa shape index (κ1) is 12.5. The summed E-state index contributed by atoms with van der Waals surface area (Å²) in [6.07, 6.45) is 1.51. The van der Waals surface area contributed by atoms with Crippen molar-refractivity contribution in [3.63, 3.8) is 0 Å². The van der Waals surface area contributed by atoms with Crippen molar-refractivity contribution in [1.29, 1.82) is 0 Å². The summed E-state index contributed by atoms with van der Waals surface area (Å²) < 4.78 is 17.9. The van der Waals surface area contributed by atoms with E-state index < -0.39 is 18.7 Å². The number of carboxylic acid groups (broad SMARTS) is 1. The molecule has 3 N–H and O–H groups in total. The molecule has 0 saturated heterocycles. The molecule has 90 valence electrons. The molecule has 0 saturated carbocycles. The first-order chi connectivity index (χ1) is 7.63. The van der Waals surface area contributed by atoms with Crippen LogP contribution in [0.3, 0.4) is 0 Å². The fourth-order valence-electron chi connectivity index (χ4n) is 1.00. The van der Waals surface area contributed by atoms with E-state index in [9.17, 15) is 9.18 Å². The Morgan fingerprint density at radius 3 is 3.12 bits per heavy atom. The van der Waals surface area contributed by atoms with Crippen molar-refractivity contribution in [2.24, 2.45) is 5.73 Å². The van der Waals surface area contributed by atoms with Crippen LogP contribution in [0, 0.1) is 0 Å². The van der Waals surface area contributed by atoms with Crippen LogP contribution in [0.1, 0.15) is 5.69 Å². The van der Waals surface area contributed by atoms with Crippen molar-refractivity contribution in [3.05, 3.63) is 11.9 Å². The number of ether oxygens (including phenoxy) is 1. The van der Waals surface area contributed by atoms with Crippen LogP contribution in [-0.4, -0.2) is 45.4 Å². The number of alkyl halides is 1. The van der Waals surface area contributed by atoms with Gasteiger partial charge in [0.2, 0.25) is 0 Å². The third-order valence-corrected chi connectivity index (χ3v) is 1.76. The summed E-state index contributed by atoms with van der Waals surface area (Å²) in [5, 5.41) is 16.0. The lowest BCUT2D eigenvalue weighted by molar-refractivity contribution is -0.138. The van der Waals surface area contributed by atoms with Crippen molar-refractivity contribution in [3.8, 4) is 0 Å². The van der Waals surface area contributed by atoms with E-state index >= 15 is 0 Å². The van der Waals surface area contributed by atoms with Crippen molar-refractivity contribution < 1.29 is 19.0 Å². The molecule has 1 aromatic heterocycles.